The topological polar surface area (TPSA) is 13.0 Å². The molecule has 7 heteroatoms. The number of nitrogens with zero attached hydrogens (tertiary/aromatic N) is 4. The molecule has 2 saturated heterocycles. The first kappa shape index (κ1) is 39.0. The van der Waals surface area contributed by atoms with Crippen LogP contribution in [0.4, 0.5) is 0 Å². The van der Waals surface area contributed by atoms with Crippen molar-refractivity contribution in [3.8, 4) is 0 Å². The average molecular weight is 717 g/mol. The van der Waals surface area contributed by atoms with Crippen LogP contribution in [0.1, 0.15) is 158 Å². The third-order valence-electron chi connectivity index (χ3n) is 11.1. The smallest absolute Gasteiger partial charge is 0.196 e. The number of hydrogen-bond donors (Lipinski definition) is 0. The van der Waals surface area contributed by atoms with Gasteiger partial charge in [-0.1, -0.05) is 112 Å². The molecule has 4 aliphatic rings. The number of benzene rings is 2. The zero-order valence-corrected chi connectivity index (χ0v) is 35.5. The van der Waals surface area contributed by atoms with Gasteiger partial charge >= 0.3 is 0 Å². The van der Waals surface area contributed by atoms with Crippen LogP contribution >= 0.6 is 0 Å². The summed E-state index contributed by atoms with van der Waals surface area (Å²) in [4.78, 5) is 0. The van der Waals surface area contributed by atoms with Gasteiger partial charge < -0.3 is 0 Å². The van der Waals surface area contributed by atoms with Crippen LogP contribution in [0, 0.1) is 0 Å². The predicted octanol–water partition coefficient (Wildman–Crippen LogP) is 10.1. The molecule has 2 aliphatic heterocycles. The minimum absolute atomic E-state index is 0. The molecule has 4 fully saturated rings. The van der Waals surface area contributed by atoms with Crippen LogP contribution in [0.25, 0.3) is 0 Å². The molecule has 2 aliphatic carbocycles. The van der Waals surface area contributed by atoms with Gasteiger partial charge in [0, 0.05) is 39.2 Å². The molecule has 0 aromatic heterocycles. The van der Waals surface area contributed by atoms with Crippen LogP contribution in [-0.2, 0) is 17.1 Å². The molecule has 264 valence electrons. The maximum absolute atomic E-state index is 2.92. The summed E-state index contributed by atoms with van der Waals surface area (Å²) in [5.41, 5.74) is 5.88. The molecular weight excluding hydrogens is 648 g/mol. The standard InChI is InChI=1S/2C20H34N2Si.Fe/c2*1-19(2,3)21-18(16-12-8-7-9-13-16)22(20(4,5)6)23(21)17-14-10-11-15-17;/h2*7-9,12-13,17-18,23H,10-11,14-15H2,1-6H3;. The van der Waals surface area contributed by atoms with Gasteiger partial charge in [-0.15, -0.1) is 0 Å². The normalized spacial score (nSPS) is 27.5. The Kier molecular flexibility index (Phi) is 12.3. The first-order chi connectivity index (χ1) is 21.4. The quantitative estimate of drug-likeness (QED) is 0.292. The fourth-order valence-electron chi connectivity index (χ4n) is 9.34. The number of hydrogen-bond acceptors (Lipinski definition) is 4. The Morgan fingerprint density at radius 3 is 0.872 bits per heavy atom. The minimum atomic E-state index is -1.09. The maximum Gasteiger partial charge on any atom is 0.196 e. The van der Waals surface area contributed by atoms with E-state index in [1.807, 2.05) is 0 Å². The second-order valence-electron chi connectivity index (χ2n) is 18.8. The molecule has 0 radical (unpaired) electrons. The number of rotatable bonds is 4. The van der Waals surface area contributed by atoms with Crippen molar-refractivity contribution in [1.82, 2.24) is 18.3 Å². The molecule has 2 heterocycles. The van der Waals surface area contributed by atoms with E-state index in [-0.39, 0.29) is 39.2 Å². The van der Waals surface area contributed by atoms with E-state index in [1.54, 1.807) is 0 Å². The first-order valence-corrected chi connectivity index (χ1v) is 22.1. The van der Waals surface area contributed by atoms with E-state index < -0.39 is 18.2 Å². The van der Waals surface area contributed by atoms with Crippen molar-refractivity contribution in [1.29, 1.82) is 0 Å². The monoisotopic (exact) mass is 716 g/mol. The van der Waals surface area contributed by atoms with Crippen molar-refractivity contribution in [2.75, 3.05) is 0 Å². The molecule has 0 atom stereocenters. The summed E-state index contributed by atoms with van der Waals surface area (Å²) in [6.07, 6.45) is 12.5. The molecular formula is C40H68FeN4Si2. The Bertz CT molecular complexity index is 1110. The zero-order chi connectivity index (χ0) is 33.7. The van der Waals surface area contributed by atoms with E-state index in [1.165, 1.54) is 62.5 Å². The molecule has 2 saturated carbocycles. The summed E-state index contributed by atoms with van der Waals surface area (Å²) in [6, 6.07) is 22.3. The van der Waals surface area contributed by atoms with Crippen molar-refractivity contribution in [2.45, 2.75) is 180 Å². The summed E-state index contributed by atoms with van der Waals surface area (Å²) >= 11 is 0. The van der Waals surface area contributed by atoms with Crippen LogP contribution in [0.3, 0.4) is 0 Å². The van der Waals surface area contributed by atoms with E-state index in [4.69, 9.17) is 0 Å². The molecule has 2 aromatic rings. The van der Waals surface area contributed by atoms with Crippen LogP contribution in [-0.4, -0.2) is 58.7 Å². The SMILES string of the molecule is CC(C)(C)N1C(c2ccccc2)N(C(C)(C)C)[SiH]1C1CCCC1.CC(C)(C)N1C(c2ccccc2)N(C(C)(C)C)[SiH]1C1CCCC1.[Fe]. The van der Waals surface area contributed by atoms with Gasteiger partial charge in [-0.05, 0) is 105 Å². The third-order valence-corrected chi connectivity index (χ3v) is 20.7. The minimum Gasteiger partial charge on any atom is -0.290 e. The van der Waals surface area contributed by atoms with Crippen molar-refractivity contribution in [3.05, 3.63) is 71.8 Å². The van der Waals surface area contributed by atoms with Crippen molar-refractivity contribution in [3.63, 3.8) is 0 Å². The van der Waals surface area contributed by atoms with Crippen LogP contribution in [0.5, 0.6) is 0 Å². The molecule has 0 unspecified atom stereocenters. The van der Waals surface area contributed by atoms with E-state index in [0.717, 1.165) is 11.1 Å². The Balaban J connectivity index is 0.000000208. The van der Waals surface area contributed by atoms with Gasteiger partial charge in [0.1, 0.15) is 0 Å². The van der Waals surface area contributed by atoms with Gasteiger partial charge in [-0.25, -0.2) is 0 Å². The van der Waals surface area contributed by atoms with Gasteiger partial charge in [0.2, 0.25) is 0 Å². The molecule has 4 nitrogen and oxygen atoms in total. The Labute approximate surface area is 304 Å². The fraction of sp³-hybridized carbons (Fsp3) is 0.700. The van der Waals surface area contributed by atoms with Gasteiger partial charge in [-0.2, -0.15) is 0 Å². The fourth-order valence-corrected chi connectivity index (χ4v) is 19.0. The predicted molar refractivity (Wildman–Crippen MR) is 203 cm³/mol. The summed E-state index contributed by atoms with van der Waals surface area (Å²) in [5.74, 6) is 0. The maximum atomic E-state index is 2.92. The van der Waals surface area contributed by atoms with Crippen LogP contribution in [0.15, 0.2) is 60.7 Å². The molecule has 6 rings (SSSR count). The van der Waals surface area contributed by atoms with Gasteiger partial charge in [0.25, 0.3) is 0 Å². The van der Waals surface area contributed by atoms with Gasteiger partial charge in [0.05, 0.1) is 12.3 Å². The molecule has 0 amide bonds. The molecule has 0 spiro atoms. The van der Waals surface area contributed by atoms with Crippen molar-refractivity contribution in [2.24, 2.45) is 0 Å². The Morgan fingerprint density at radius 1 is 0.426 bits per heavy atom. The second-order valence-corrected chi connectivity index (χ2v) is 24.6. The molecule has 47 heavy (non-hydrogen) atoms. The summed E-state index contributed by atoms with van der Waals surface area (Å²) in [6.45, 7) is 29.0. The van der Waals surface area contributed by atoms with E-state index in [2.05, 4.69) is 162 Å². The average Bonchev–Trinajstić information content (AvgIpc) is 3.61. The third kappa shape index (κ3) is 8.25. The first-order valence-electron chi connectivity index (χ1n) is 18.7. The van der Waals surface area contributed by atoms with E-state index in [0.29, 0.717) is 12.3 Å². The Hall–Kier alpha value is -0.767. The van der Waals surface area contributed by atoms with E-state index >= 15 is 0 Å². The second kappa shape index (κ2) is 14.8. The largest absolute Gasteiger partial charge is 0.290 e. The van der Waals surface area contributed by atoms with Crippen LogP contribution in [0.2, 0.25) is 11.1 Å². The van der Waals surface area contributed by atoms with Crippen molar-refractivity contribution < 1.29 is 17.1 Å². The summed E-state index contributed by atoms with van der Waals surface area (Å²) in [5, 5.41) is 0. The molecule has 2 aromatic carbocycles. The zero-order valence-electron chi connectivity index (χ0n) is 32.0. The van der Waals surface area contributed by atoms with Crippen LogP contribution < -0.4 is 0 Å². The van der Waals surface area contributed by atoms with Crippen molar-refractivity contribution >= 4 is 18.2 Å². The molecule has 0 bridgehead atoms. The Morgan fingerprint density at radius 2 is 0.660 bits per heavy atom. The summed E-state index contributed by atoms with van der Waals surface area (Å²) < 4.78 is 11.7. The summed E-state index contributed by atoms with van der Waals surface area (Å²) in [7, 11) is -2.19. The van der Waals surface area contributed by atoms with Gasteiger partial charge in [-0.3, -0.25) is 18.3 Å². The molecule has 0 N–H and O–H groups in total. The van der Waals surface area contributed by atoms with E-state index in [9.17, 15) is 0 Å². The van der Waals surface area contributed by atoms with Gasteiger partial charge in [0.15, 0.2) is 18.2 Å².